The Bertz CT molecular complexity index is 1320. The molecule has 2 aliphatic rings. The van der Waals surface area contributed by atoms with Crippen molar-refractivity contribution in [1.29, 1.82) is 0 Å². The van der Waals surface area contributed by atoms with E-state index in [1.807, 2.05) is 27.6 Å². The van der Waals surface area contributed by atoms with Crippen molar-refractivity contribution >= 4 is 28.7 Å². The highest BCUT2D eigenvalue weighted by molar-refractivity contribution is 5.84. The van der Waals surface area contributed by atoms with Crippen molar-refractivity contribution in [3.05, 3.63) is 67.4 Å². The average Bonchev–Trinajstić information content (AvgIpc) is 3.61. The SMILES string of the molecule is O=C(CNc1c(-c2ccc(N3CCCC3)cc2)nc2cnccn12)N1CCN(c2ccncc2)CC1. The summed E-state index contributed by atoms with van der Waals surface area (Å²) >= 11 is 0. The Balaban J connectivity index is 1.16. The van der Waals surface area contributed by atoms with Gasteiger partial charge in [0.15, 0.2) is 5.65 Å². The molecule has 36 heavy (non-hydrogen) atoms. The van der Waals surface area contributed by atoms with Crippen LogP contribution in [0.5, 0.6) is 0 Å². The minimum atomic E-state index is 0.0868. The van der Waals surface area contributed by atoms with Gasteiger partial charge in [0.2, 0.25) is 5.91 Å². The molecule has 9 nitrogen and oxygen atoms in total. The van der Waals surface area contributed by atoms with Crippen LogP contribution in [0.3, 0.4) is 0 Å². The van der Waals surface area contributed by atoms with E-state index in [1.165, 1.54) is 18.5 Å². The van der Waals surface area contributed by atoms with E-state index in [1.54, 1.807) is 24.8 Å². The Morgan fingerprint density at radius 1 is 0.806 bits per heavy atom. The molecular formula is C27H30N8O. The molecule has 0 unspecified atom stereocenters. The van der Waals surface area contributed by atoms with Crippen LogP contribution in [0.15, 0.2) is 67.4 Å². The van der Waals surface area contributed by atoms with Crippen molar-refractivity contribution in [3.63, 3.8) is 0 Å². The maximum absolute atomic E-state index is 13.1. The number of nitrogens with one attached hydrogen (secondary N) is 1. The van der Waals surface area contributed by atoms with Crippen LogP contribution in [0.1, 0.15) is 12.8 Å². The summed E-state index contributed by atoms with van der Waals surface area (Å²) in [6.45, 7) is 5.47. The molecule has 5 heterocycles. The molecule has 2 saturated heterocycles. The first-order valence-electron chi connectivity index (χ1n) is 12.6. The number of carbonyl (C=O) groups excluding carboxylic acids is 1. The van der Waals surface area contributed by atoms with Crippen molar-refractivity contribution in [2.75, 3.05) is 60.9 Å². The summed E-state index contributed by atoms with van der Waals surface area (Å²) < 4.78 is 1.96. The standard InChI is InChI=1S/C27H30N8O/c36-25(34-17-15-33(16-18-34)23-7-9-28-10-8-23)20-30-27-26(31-24-19-29-11-14-35(24)27)21-3-5-22(6-4-21)32-12-1-2-13-32/h3-11,14,19,30H,1-2,12-13,15-18,20H2. The Hall–Kier alpha value is -4.14. The number of carbonyl (C=O) groups is 1. The number of fused-ring (bicyclic) bond motifs is 1. The second-order valence-electron chi connectivity index (χ2n) is 9.28. The number of imidazole rings is 1. The van der Waals surface area contributed by atoms with Crippen LogP contribution in [-0.4, -0.2) is 76.0 Å². The number of rotatable bonds is 6. The third-order valence-corrected chi connectivity index (χ3v) is 7.11. The van der Waals surface area contributed by atoms with Crippen molar-refractivity contribution in [3.8, 4) is 11.3 Å². The minimum Gasteiger partial charge on any atom is -0.372 e. The molecule has 0 saturated carbocycles. The van der Waals surface area contributed by atoms with Crippen LogP contribution in [0.4, 0.5) is 17.2 Å². The smallest absolute Gasteiger partial charge is 0.242 e. The van der Waals surface area contributed by atoms with E-state index in [4.69, 9.17) is 4.98 Å². The van der Waals surface area contributed by atoms with E-state index < -0.39 is 0 Å². The molecule has 0 atom stereocenters. The fraction of sp³-hybridized carbons (Fsp3) is 0.333. The molecule has 6 rings (SSSR count). The van der Waals surface area contributed by atoms with Crippen molar-refractivity contribution in [1.82, 2.24) is 24.3 Å². The fourth-order valence-corrected chi connectivity index (χ4v) is 5.12. The highest BCUT2D eigenvalue weighted by atomic mass is 16.2. The van der Waals surface area contributed by atoms with E-state index in [-0.39, 0.29) is 12.5 Å². The third kappa shape index (κ3) is 4.44. The Morgan fingerprint density at radius 3 is 2.25 bits per heavy atom. The molecule has 0 bridgehead atoms. The first kappa shape index (κ1) is 22.3. The van der Waals surface area contributed by atoms with Gasteiger partial charge in [-0.15, -0.1) is 0 Å². The van der Waals surface area contributed by atoms with Gasteiger partial charge in [-0.05, 0) is 37.1 Å². The Kier molecular flexibility index (Phi) is 6.11. The largest absolute Gasteiger partial charge is 0.372 e. The molecule has 1 aromatic carbocycles. The van der Waals surface area contributed by atoms with E-state index in [0.717, 1.165) is 54.6 Å². The van der Waals surface area contributed by atoms with Crippen molar-refractivity contribution in [2.24, 2.45) is 0 Å². The monoisotopic (exact) mass is 482 g/mol. The maximum Gasteiger partial charge on any atom is 0.242 e. The molecule has 4 aromatic rings. The summed E-state index contributed by atoms with van der Waals surface area (Å²) in [6, 6.07) is 12.6. The summed E-state index contributed by atoms with van der Waals surface area (Å²) in [4.78, 5) is 32.9. The normalized spacial score (nSPS) is 16.1. The summed E-state index contributed by atoms with van der Waals surface area (Å²) in [5.41, 5.74) is 4.98. The average molecular weight is 483 g/mol. The van der Waals surface area contributed by atoms with Gasteiger partial charge >= 0.3 is 0 Å². The maximum atomic E-state index is 13.1. The zero-order chi connectivity index (χ0) is 24.3. The number of nitrogens with zero attached hydrogens (tertiary/aromatic N) is 7. The first-order valence-corrected chi connectivity index (χ1v) is 12.6. The van der Waals surface area contributed by atoms with Crippen LogP contribution in [0.2, 0.25) is 0 Å². The van der Waals surface area contributed by atoms with Crippen LogP contribution in [0, 0.1) is 0 Å². The van der Waals surface area contributed by atoms with Crippen LogP contribution in [-0.2, 0) is 4.79 Å². The van der Waals surface area contributed by atoms with Gasteiger partial charge < -0.3 is 20.0 Å². The van der Waals surface area contributed by atoms with Gasteiger partial charge in [0.25, 0.3) is 0 Å². The minimum absolute atomic E-state index is 0.0868. The van der Waals surface area contributed by atoms with E-state index in [0.29, 0.717) is 13.1 Å². The fourth-order valence-electron chi connectivity index (χ4n) is 5.12. The number of piperazine rings is 1. The van der Waals surface area contributed by atoms with Gasteiger partial charge in [0.05, 0.1) is 12.7 Å². The van der Waals surface area contributed by atoms with Gasteiger partial charge in [-0.3, -0.25) is 19.2 Å². The molecule has 0 radical (unpaired) electrons. The first-order chi connectivity index (χ1) is 17.8. The number of hydrogen-bond acceptors (Lipinski definition) is 7. The number of pyridine rings is 1. The highest BCUT2D eigenvalue weighted by Crippen LogP contribution is 2.31. The van der Waals surface area contributed by atoms with Gasteiger partial charge in [-0.2, -0.15) is 0 Å². The summed E-state index contributed by atoms with van der Waals surface area (Å²) in [5, 5.41) is 3.39. The topological polar surface area (TPSA) is 81.9 Å². The molecule has 3 aromatic heterocycles. The van der Waals surface area contributed by atoms with Gasteiger partial charge in [0, 0.05) is 81.0 Å². The van der Waals surface area contributed by atoms with Gasteiger partial charge in [-0.25, -0.2) is 4.98 Å². The lowest BCUT2D eigenvalue weighted by molar-refractivity contribution is -0.129. The number of anilines is 3. The molecule has 1 N–H and O–H groups in total. The van der Waals surface area contributed by atoms with Gasteiger partial charge in [-0.1, -0.05) is 12.1 Å². The molecular weight excluding hydrogens is 452 g/mol. The number of aromatic nitrogens is 4. The highest BCUT2D eigenvalue weighted by Gasteiger charge is 2.22. The predicted molar refractivity (Wildman–Crippen MR) is 141 cm³/mol. The quantitative estimate of drug-likeness (QED) is 0.452. The summed E-state index contributed by atoms with van der Waals surface area (Å²) in [7, 11) is 0. The lowest BCUT2D eigenvalue weighted by Crippen LogP contribution is -2.50. The molecule has 2 aliphatic heterocycles. The number of amides is 1. The van der Waals surface area contributed by atoms with Gasteiger partial charge in [0.1, 0.15) is 11.5 Å². The zero-order valence-electron chi connectivity index (χ0n) is 20.3. The molecule has 0 aliphatic carbocycles. The number of hydrogen-bond donors (Lipinski definition) is 1. The van der Waals surface area contributed by atoms with Crippen molar-refractivity contribution in [2.45, 2.75) is 12.8 Å². The number of benzene rings is 1. The molecule has 2 fully saturated rings. The molecule has 184 valence electrons. The predicted octanol–water partition coefficient (Wildman–Crippen LogP) is 3.15. The Morgan fingerprint density at radius 2 is 1.50 bits per heavy atom. The van der Waals surface area contributed by atoms with Crippen molar-refractivity contribution < 1.29 is 4.79 Å². The third-order valence-electron chi connectivity index (χ3n) is 7.11. The lowest BCUT2D eigenvalue weighted by atomic mass is 10.1. The molecule has 9 heteroatoms. The van der Waals surface area contributed by atoms with E-state index in [2.05, 4.69) is 49.4 Å². The van der Waals surface area contributed by atoms with E-state index >= 15 is 0 Å². The van der Waals surface area contributed by atoms with Crippen LogP contribution >= 0.6 is 0 Å². The summed E-state index contributed by atoms with van der Waals surface area (Å²) in [5.74, 6) is 0.897. The van der Waals surface area contributed by atoms with Crippen LogP contribution in [0.25, 0.3) is 16.9 Å². The second kappa shape index (κ2) is 9.85. The summed E-state index contributed by atoms with van der Waals surface area (Å²) in [6.07, 6.45) is 11.5. The lowest BCUT2D eigenvalue weighted by Gasteiger charge is -2.36. The Labute approximate surface area is 210 Å². The zero-order valence-corrected chi connectivity index (χ0v) is 20.3. The van der Waals surface area contributed by atoms with E-state index in [9.17, 15) is 4.79 Å². The molecule has 0 spiro atoms. The second-order valence-corrected chi connectivity index (χ2v) is 9.28. The molecule has 1 amide bonds. The van der Waals surface area contributed by atoms with Crippen LogP contribution < -0.4 is 15.1 Å².